The lowest BCUT2D eigenvalue weighted by atomic mass is 10.4. The zero-order valence-electron chi connectivity index (χ0n) is 8.49. The Hall–Kier alpha value is -0.610. The third-order valence-electron chi connectivity index (χ3n) is 2.22. The summed E-state index contributed by atoms with van der Waals surface area (Å²) in [5, 5.41) is 4.31. The van der Waals surface area contributed by atoms with Crippen molar-refractivity contribution in [1.82, 2.24) is 15.1 Å². The predicted octanol–water partition coefficient (Wildman–Crippen LogP) is -0.615. The van der Waals surface area contributed by atoms with E-state index in [1.807, 2.05) is 0 Å². The molecule has 13 heavy (non-hydrogen) atoms. The van der Waals surface area contributed by atoms with Gasteiger partial charge in [-0.3, -0.25) is 9.69 Å². The van der Waals surface area contributed by atoms with Crippen molar-refractivity contribution in [2.45, 2.75) is 6.42 Å². The van der Waals surface area contributed by atoms with Gasteiger partial charge >= 0.3 is 0 Å². The van der Waals surface area contributed by atoms with Gasteiger partial charge < -0.3 is 4.90 Å². The SMILES string of the molecule is CN(C)C(=O)CN1CCC[N]CC1. The number of hydrogen-bond acceptors (Lipinski definition) is 2. The van der Waals surface area contributed by atoms with E-state index < -0.39 is 0 Å². The molecule has 0 bridgehead atoms. The van der Waals surface area contributed by atoms with Crippen LogP contribution in [0.15, 0.2) is 0 Å². The molecule has 1 aliphatic rings. The van der Waals surface area contributed by atoms with Crippen LogP contribution in [-0.4, -0.2) is 62.5 Å². The molecule has 75 valence electrons. The van der Waals surface area contributed by atoms with E-state index in [1.165, 1.54) is 0 Å². The highest BCUT2D eigenvalue weighted by Crippen LogP contribution is 1.96. The largest absolute Gasteiger partial charge is 0.348 e. The van der Waals surface area contributed by atoms with Crippen molar-refractivity contribution in [2.24, 2.45) is 0 Å². The van der Waals surface area contributed by atoms with Crippen molar-refractivity contribution in [1.29, 1.82) is 0 Å². The molecule has 1 fully saturated rings. The number of likely N-dealkylation sites (N-methyl/N-ethyl adjacent to an activating group) is 1. The summed E-state index contributed by atoms with van der Waals surface area (Å²) in [6, 6.07) is 0. The van der Waals surface area contributed by atoms with Gasteiger partial charge in [-0.15, -0.1) is 0 Å². The van der Waals surface area contributed by atoms with E-state index in [0.29, 0.717) is 6.54 Å². The van der Waals surface area contributed by atoms with E-state index in [2.05, 4.69) is 10.2 Å². The maximum absolute atomic E-state index is 11.4. The van der Waals surface area contributed by atoms with Crippen molar-refractivity contribution < 1.29 is 4.79 Å². The fourth-order valence-electron chi connectivity index (χ4n) is 1.33. The lowest BCUT2D eigenvalue weighted by Gasteiger charge is -2.20. The fourth-order valence-corrected chi connectivity index (χ4v) is 1.33. The first-order valence-electron chi connectivity index (χ1n) is 4.76. The second-order valence-electron chi connectivity index (χ2n) is 3.59. The van der Waals surface area contributed by atoms with Crippen LogP contribution in [0.3, 0.4) is 0 Å². The van der Waals surface area contributed by atoms with Gasteiger partial charge in [0.05, 0.1) is 6.54 Å². The summed E-state index contributed by atoms with van der Waals surface area (Å²) in [6.07, 6.45) is 1.08. The van der Waals surface area contributed by atoms with Crippen LogP contribution in [0.2, 0.25) is 0 Å². The van der Waals surface area contributed by atoms with Crippen molar-refractivity contribution in [2.75, 3.05) is 46.8 Å². The summed E-state index contributed by atoms with van der Waals surface area (Å²) in [5.41, 5.74) is 0. The molecule has 0 saturated carbocycles. The highest BCUT2D eigenvalue weighted by molar-refractivity contribution is 5.77. The Morgan fingerprint density at radius 2 is 2.15 bits per heavy atom. The monoisotopic (exact) mass is 184 g/mol. The van der Waals surface area contributed by atoms with Gasteiger partial charge in [0.2, 0.25) is 5.91 Å². The average Bonchev–Trinajstić information content (AvgIpc) is 2.32. The number of amides is 1. The molecular weight excluding hydrogens is 166 g/mol. The van der Waals surface area contributed by atoms with Crippen molar-refractivity contribution in [3.63, 3.8) is 0 Å². The van der Waals surface area contributed by atoms with Crippen LogP contribution in [0.5, 0.6) is 0 Å². The molecular formula is C9H18N3O. The summed E-state index contributed by atoms with van der Waals surface area (Å²) < 4.78 is 0. The Balaban J connectivity index is 2.29. The topological polar surface area (TPSA) is 37.7 Å². The van der Waals surface area contributed by atoms with E-state index in [0.717, 1.165) is 32.6 Å². The molecule has 0 aromatic heterocycles. The Labute approximate surface area is 79.9 Å². The van der Waals surface area contributed by atoms with Gasteiger partial charge in [-0.1, -0.05) is 0 Å². The molecule has 1 amide bonds. The molecule has 1 saturated heterocycles. The minimum atomic E-state index is 0.182. The van der Waals surface area contributed by atoms with Gasteiger partial charge in [0.1, 0.15) is 0 Å². The summed E-state index contributed by atoms with van der Waals surface area (Å²) in [4.78, 5) is 15.2. The molecule has 0 aromatic rings. The van der Waals surface area contributed by atoms with Gasteiger partial charge in [-0.05, 0) is 13.0 Å². The van der Waals surface area contributed by atoms with Crippen molar-refractivity contribution >= 4 is 5.91 Å². The van der Waals surface area contributed by atoms with Gasteiger partial charge in [0.15, 0.2) is 0 Å². The molecule has 0 aliphatic carbocycles. The van der Waals surface area contributed by atoms with Crippen LogP contribution in [0.4, 0.5) is 0 Å². The first-order chi connectivity index (χ1) is 6.20. The van der Waals surface area contributed by atoms with Crippen LogP contribution in [0.25, 0.3) is 0 Å². The van der Waals surface area contributed by atoms with E-state index in [1.54, 1.807) is 19.0 Å². The second kappa shape index (κ2) is 5.19. The Morgan fingerprint density at radius 3 is 2.85 bits per heavy atom. The van der Waals surface area contributed by atoms with Crippen LogP contribution < -0.4 is 5.32 Å². The Morgan fingerprint density at radius 1 is 1.38 bits per heavy atom. The van der Waals surface area contributed by atoms with Crippen LogP contribution in [-0.2, 0) is 4.79 Å². The molecule has 4 heteroatoms. The van der Waals surface area contributed by atoms with Crippen LogP contribution in [0.1, 0.15) is 6.42 Å². The number of carbonyl (C=O) groups is 1. The standard InChI is InChI=1S/C9H18N3O/c1-11(2)9(13)8-12-6-3-4-10-5-7-12/h3-8H2,1-2H3. The Kier molecular flexibility index (Phi) is 4.18. The number of hydrogen-bond donors (Lipinski definition) is 0. The summed E-state index contributed by atoms with van der Waals surface area (Å²) in [5.74, 6) is 0.182. The lowest BCUT2D eigenvalue weighted by Crippen LogP contribution is -2.38. The average molecular weight is 184 g/mol. The third kappa shape index (κ3) is 3.74. The molecule has 0 aromatic carbocycles. The first-order valence-corrected chi connectivity index (χ1v) is 4.76. The quantitative estimate of drug-likeness (QED) is 0.574. The lowest BCUT2D eigenvalue weighted by molar-refractivity contribution is -0.129. The normalized spacial score (nSPS) is 19.5. The van der Waals surface area contributed by atoms with E-state index in [4.69, 9.17) is 0 Å². The van der Waals surface area contributed by atoms with Crippen molar-refractivity contribution in [3.05, 3.63) is 0 Å². The molecule has 1 rings (SSSR count). The van der Waals surface area contributed by atoms with Gasteiger partial charge in [0, 0.05) is 33.7 Å². The van der Waals surface area contributed by atoms with Gasteiger partial charge in [-0.2, -0.15) is 0 Å². The maximum atomic E-state index is 11.4. The fraction of sp³-hybridized carbons (Fsp3) is 0.889. The minimum absolute atomic E-state index is 0.182. The van der Waals surface area contributed by atoms with E-state index >= 15 is 0 Å². The van der Waals surface area contributed by atoms with Gasteiger partial charge in [0.25, 0.3) is 0 Å². The number of nitrogens with zero attached hydrogens (tertiary/aromatic N) is 3. The zero-order chi connectivity index (χ0) is 9.68. The molecule has 0 unspecified atom stereocenters. The number of rotatable bonds is 2. The molecule has 0 spiro atoms. The highest BCUT2D eigenvalue weighted by atomic mass is 16.2. The minimum Gasteiger partial charge on any atom is -0.348 e. The van der Waals surface area contributed by atoms with E-state index in [9.17, 15) is 4.79 Å². The second-order valence-corrected chi connectivity index (χ2v) is 3.59. The predicted molar refractivity (Wildman–Crippen MR) is 51.6 cm³/mol. The number of carbonyl (C=O) groups excluding carboxylic acids is 1. The first kappa shape index (κ1) is 10.5. The third-order valence-corrected chi connectivity index (χ3v) is 2.22. The zero-order valence-corrected chi connectivity index (χ0v) is 8.49. The summed E-state index contributed by atoms with van der Waals surface area (Å²) >= 11 is 0. The Bertz CT molecular complexity index is 162. The molecule has 1 heterocycles. The van der Waals surface area contributed by atoms with Crippen LogP contribution >= 0.6 is 0 Å². The summed E-state index contributed by atoms with van der Waals surface area (Å²) in [7, 11) is 3.59. The maximum Gasteiger partial charge on any atom is 0.236 e. The van der Waals surface area contributed by atoms with Crippen molar-refractivity contribution in [3.8, 4) is 0 Å². The summed E-state index contributed by atoms with van der Waals surface area (Å²) in [6.45, 7) is 4.30. The van der Waals surface area contributed by atoms with Crippen LogP contribution in [0, 0.1) is 0 Å². The molecule has 0 atom stereocenters. The van der Waals surface area contributed by atoms with E-state index in [-0.39, 0.29) is 5.91 Å². The molecule has 1 aliphatic heterocycles. The smallest absolute Gasteiger partial charge is 0.236 e. The molecule has 0 N–H and O–H groups in total. The molecule has 4 nitrogen and oxygen atoms in total. The molecule has 1 radical (unpaired) electrons. The highest BCUT2D eigenvalue weighted by Gasteiger charge is 2.13. The van der Waals surface area contributed by atoms with Gasteiger partial charge in [-0.25, -0.2) is 5.32 Å².